The summed E-state index contributed by atoms with van der Waals surface area (Å²) >= 11 is 5.99. The Labute approximate surface area is 82.6 Å². The largest absolute Gasteiger partial charge is 0.495 e. The van der Waals surface area contributed by atoms with Gasteiger partial charge in [-0.25, -0.2) is 0 Å². The van der Waals surface area contributed by atoms with Crippen molar-refractivity contribution in [2.45, 2.75) is 18.9 Å². The Morgan fingerprint density at radius 2 is 2.31 bits per heavy atom. The number of halogens is 1. The Hall–Kier alpha value is -0.730. The van der Waals surface area contributed by atoms with Crippen molar-refractivity contribution in [3.05, 3.63) is 28.3 Å². The van der Waals surface area contributed by atoms with Gasteiger partial charge in [-0.3, -0.25) is 0 Å². The monoisotopic (exact) mass is 197 g/mol. The molecule has 1 aromatic carbocycles. The Morgan fingerprint density at radius 1 is 1.54 bits per heavy atom. The van der Waals surface area contributed by atoms with Crippen LogP contribution in [0.25, 0.3) is 0 Å². The maximum atomic E-state index is 5.99. The second-order valence-corrected chi connectivity index (χ2v) is 3.74. The molecule has 0 heterocycles. The number of fused-ring (bicyclic) bond motifs is 1. The van der Waals surface area contributed by atoms with Crippen molar-refractivity contribution >= 4 is 11.6 Å². The van der Waals surface area contributed by atoms with Gasteiger partial charge in [0.25, 0.3) is 0 Å². The van der Waals surface area contributed by atoms with Crippen LogP contribution in [0.15, 0.2) is 12.1 Å². The summed E-state index contributed by atoms with van der Waals surface area (Å²) < 4.78 is 5.13. The SMILES string of the molecule is COc1cc2c(cc1Cl)CCC2N. The molecular formula is C10H12ClNO. The molecule has 0 amide bonds. The molecule has 0 aliphatic heterocycles. The molecule has 3 heteroatoms. The lowest BCUT2D eigenvalue weighted by atomic mass is 10.1. The number of nitrogens with two attached hydrogens (primary N) is 1. The highest BCUT2D eigenvalue weighted by Gasteiger charge is 2.20. The number of benzene rings is 1. The molecule has 13 heavy (non-hydrogen) atoms. The quantitative estimate of drug-likeness (QED) is 0.750. The molecule has 1 aliphatic rings. The summed E-state index contributed by atoms with van der Waals surface area (Å²) in [4.78, 5) is 0. The number of hydrogen-bond acceptors (Lipinski definition) is 2. The lowest BCUT2D eigenvalue weighted by Crippen LogP contribution is -2.05. The van der Waals surface area contributed by atoms with Gasteiger partial charge in [-0.15, -0.1) is 0 Å². The Morgan fingerprint density at radius 3 is 3.00 bits per heavy atom. The van der Waals surface area contributed by atoms with Gasteiger partial charge in [0, 0.05) is 6.04 Å². The minimum absolute atomic E-state index is 0.154. The highest BCUT2D eigenvalue weighted by molar-refractivity contribution is 6.32. The summed E-state index contributed by atoms with van der Waals surface area (Å²) in [6.07, 6.45) is 2.04. The third kappa shape index (κ3) is 1.40. The molecule has 0 aromatic heterocycles. The molecule has 0 saturated heterocycles. The van der Waals surface area contributed by atoms with E-state index in [0.717, 1.165) is 18.6 Å². The number of hydrogen-bond donors (Lipinski definition) is 1. The molecule has 0 saturated carbocycles. The van der Waals surface area contributed by atoms with Gasteiger partial charge in [0.15, 0.2) is 0 Å². The predicted molar refractivity (Wildman–Crippen MR) is 53.3 cm³/mol. The van der Waals surface area contributed by atoms with Crippen molar-refractivity contribution < 1.29 is 4.74 Å². The second kappa shape index (κ2) is 3.20. The van der Waals surface area contributed by atoms with E-state index in [-0.39, 0.29) is 6.04 Å². The first-order valence-electron chi connectivity index (χ1n) is 4.34. The molecule has 2 rings (SSSR count). The molecular weight excluding hydrogens is 186 g/mol. The average molecular weight is 198 g/mol. The summed E-state index contributed by atoms with van der Waals surface area (Å²) in [5.41, 5.74) is 8.37. The molecule has 0 radical (unpaired) electrons. The van der Waals surface area contributed by atoms with Gasteiger partial charge in [0.2, 0.25) is 0 Å². The highest BCUT2D eigenvalue weighted by Crippen LogP contribution is 2.36. The molecule has 1 atom stereocenters. The topological polar surface area (TPSA) is 35.2 Å². The van der Waals surface area contributed by atoms with E-state index in [9.17, 15) is 0 Å². The Balaban J connectivity index is 2.51. The van der Waals surface area contributed by atoms with Gasteiger partial charge in [-0.05, 0) is 36.1 Å². The Kier molecular flexibility index (Phi) is 2.18. The van der Waals surface area contributed by atoms with Gasteiger partial charge in [0.1, 0.15) is 5.75 Å². The predicted octanol–water partition coefficient (Wildman–Crippen LogP) is 2.29. The third-order valence-corrected chi connectivity index (χ3v) is 2.83. The van der Waals surface area contributed by atoms with Crippen LogP contribution in [0, 0.1) is 0 Å². The molecule has 0 fully saturated rings. The van der Waals surface area contributed by atoms with Gasteiger partial charge >= 0.3 is 0 Å². The smallest absolute Gasteiger partial charge is 0.137 e. The van der Waals surface area contributed by atoms with Crippen LogP contribution < -0.4 is 10.5 Å². The van der Waals surface area contributed by atoms with Crippen molar-refractivity contribution in [3.63, 3.8) is 0 Å². The average Bonchev–Trinajstić information content (AvgIpc) is 2.46. The normalized spacial score (nSPS) is 20.1. The Bertz CT molecular complexity index is 338. The fourth-order valence-corrected chi connectivity index (χ4v) is 2.06. The van der Waals surface area contributed by atoms with E-state index < -0.39 is 0 Å². The zero-order chi connectivity index (χ0) is 9.42. The van der Waals surface area contributed by atoms with E-state index in [1.165, 1.54) is 11.1 Å². The lowest BCUT2D eigenvalue weighted by molar-refractivity contribution is 0.414. The van der Waals surface area contributed by atoms with Crippen LogP contribution in [0.4, 0.5) is 0 Å². The maximum absolute atomic E-state index is 5.99. The van der Waals surface area contributed by atoms with Crippen LogP contribution >= 0.6 is 11.6 Å². The van der Waals surface area contributed by atoms with E-state index in [4.69, 9.17) is 22.1 Å². The van der Waals surface area contributed by atoms with Gasteiger partial charge in [0.05, 0.1) is 12.1 Å². The molecule has 1 aliphatic carbocycles. The summed E-state index contributed by atoms with van der Waals surface area (Å²) in [7, 11) is 1.62. The fourth-order valence-electron chi connectivity index (χ4n) is 1.79. The standard InChI is InChI=1S/C10H12ClNO/c1-13-10-5-7-6(4-8(10)11)2-3-9(7)12/h4-5,9H,2-3,12H2,1H3. The van der Waals surface area contributed by atoms with Gasteiger partial charge < -0.3 is 10.5 Å². The molecule has 2 nitrogen and oxygen atoms in total. The molecule has 2 N–H and O–H groups in total. The van der Waals surface area contributed by atoms with Crippen molar-refractivity contribution in [2.24, 2.45) is 5.73 Å². The first-order chi connectivity index (χ1) is 6.22. The molecule has 70 valence electrons. The van der Waals surface area contributed by atoms with E-state index in [0.29, 0.717) is 5.02 Å². The van der Waals surface area contributed by atoms with Gasteiger partial charge in [-0.1, -0.05) is 11.6 Å². The first-order valence-corrected chi connectivity index (χ1v) is 4.72. The molecule has 0 spiro atoms. The minimum Gasteiger partial charge on any atom is -0.495 e. The molecule has 0 bridgehead atoms. The van der Waals surface area contributed by atoms with Crippen LogP contribution in [0.5, 0.6) is 5.75 Å². The zero-order valence-electron chi connectivity index (χ0n) is 7.51. The lowest BCUT2D eigenvalue weighted by Gasteiger charge is -2.08. The fraction of sp³-hybridized carbons (Fsp3) is 0.400. The number of aryl methyl sites for hydroxylation is 1. The zero-order valence-corrected chi connectivity index (χ0v) is 8.27. The summed E-state index contributed by atoms with van der Waals surface area (Å²) in [5.74, 6) is 0.720. The van der Waals surface area contributed by atoms with E-state index in [2.05, 4.69) is 0 Å². The van der Waals surface area contributed by atoms with Crippen molar-refractivity contribution in [3.8, 4) is 5.75 Å². The highest BCUT2D eigenvalue weighted by atomic mass is 35.5. The van der Waals surface area contributed by atoms with E-state index >= 15 is 0 Å². The van der Waals surface area contributed by atoms with Crippen molar-refractivity contribution in [1.29, 1.82) is 0 Å². The molecule has 1 aromatic rings. The minimum atomic E-state index is 0.154. The van der Waals surface area contributed by atoms with Crippen LogP contribution in [0.2, 0.25) is 5.02 Å². The summed E-state index contributed by atoms with van der Waals surface area (Å²) in [5, 5.41) is 0.676. The summed E-state index contributed by atoms with van der Waals surface area (Å²) in [6, 6.07) is 4.07. The van der Waals surface area contributed by atoms with Crippen LogP contribution in [0.3, 0.4) is 0 Å². The maximum Gasteiger partial charge on any atom is 0.137 e. The van der Waals surface area contributed by atoms with Gasteiger partial charge in [-0.2, -0.15) is 0 Å². The second-order valence-electron chi connectivity index (χ2n) is 3.33. The third-order valence-electron chi connectivity index (χ3n) is 2.54. The number of methoxy groups -OCH3 is 1. The first kappa shape index (κ1) is 8.85. The van der Waals surface area contributed by atoms with E-state index in [1.54, 1.807) is 7.11 Å². The van der Waals surface area contributed by atoms with Crippen LogP contribution in [-0.4, -0.2) is 7.11 Å². The van der Waals surface area contributed by atoms with Crippen LogP contribution in [0.1, 0.15) is 23.6 Å². The summed E-state index contributed by atoms with van der Waals surface area (Å²) in [6.45, 7) is 0. The number of rotatable bonds is 1. The molecule has 1 unspecified atom stereocenters. The van der Waals surface area contributed by atoms with Crippen molar-refractivity contribution in [1.82, 2.24) is 0 Å². The number of ether oxygens (including phenoxy) is 1. The van der Waals surface area contributed by atoms with Crippen LogP contribution in [-0.2, 0) is 6.42 Å². The van der Waals surface area contributed by atoms with Crippen molar-refractivity contribution in [2.75, 3.05) is 7.11 Å². The van der Waals surface area contributed by atoms with E-state index in [1.807, 2.05) is 12.1 Å².